The molecular weight excluding hydrogens is 437 g/mol. The predicted octanol–water partition coefficient (Wildman–Crippen LogP) is 4.25. The van der Waals surface area contributed by atoms with Gasteiger partial charge in [-0.25, -0.2) is 4.52 Å². The third-order valence-electron chi connectivity index (χ3n) is 5.42. The molecule has 174 valence electrons. The Morgan fingerprint density at radius 3 is 2.48 bits per heavy atom. The zero-order valence-electron chi connectivity index (χ0n) is 18.1. The lowest BCUT2D eigenvalue weighted by molar-refractivity contribution is -0.137. The molecule has 8 nitrogen and oxygen atoms in total. The quantitative estimate of drug-likeness (QED) is 0.474. The lowest BCUT2D eigenvalue weighted by atomic mass is 9.94. The van der Waals surface area contributed by atoms with E-state index in [2.05, 4.69) is 25.5 Å². The minimum absolute atomic E-state index is 0.114. The largest absolute Gasteiger partial charge is 0.416 e. The van der Waals surface area contributed by atoms with Crippen molar-refractivity contribution in [2.75, 3.05) is 13.1 Å². The van der Waals surface area contributed by atoms with Gasteiger partial charge in [-0.3, -0.25) is 4.79 Å². The highest BCUT2D eigenvalue weighted by molar-refractivity contribution is 5.72. The van der Waals surface area contributed by atoms with Gasteiger partial charge >= 0.3 is 6.18 Å². The van der Waals surface area contributed by atoms with E-state index in [1.165, 1.54) is 18.3 Å². The van der Waals surface area contributed by atoms with Gasteiger partial charge in [0.2, 0.25) is 5.82 Å². The molecule has 1 aromatic carbocycles. The first kappa shape index (κ1) is 22.7. The van der Waals surface area contributed by atoms with Gasteiger partial charge in [-0.15, -0.1) is 0 Å². The number of alkyl halides is 3. The normalized spacial score (nSPS) is 14.8. The number of hydrogen-bond acceptors (Lipinski definition) is 6. The topological polar surface area (TPSA) is 101 Å². The highest BCUT2D eigenvalue weighted by atomic mass is 19.4. The van der Waals surface area contributed by atoms with Crippen molar-refractivity contribution >= 4 is 5.65 Å². The molecule has 11 heteroatoms. The molecule has 4 aromatic rings. The van der Waals surface area contributed by atoms with E-state index in [9.17, 15) is 18.0 Å². The van der Waals surface area contributed by atoms with Gasteiger partial charge in [-0.1, -0.05) is 31.1 Å². The van der Waals surface area contributed by atoms with E-state index in [-0.39, 0.29) is 23.2 Å². The molecule has 1 saturated heterocycles. The van der Waals surface area contributed by atoms with Crippen molar-refractivity contribution < 1.29 is 17.7 Å². The Bertz CT molecular complexity index is 1280. The Hall–Kier alpha value is -3.47. The molecule has 0 saturated carbocycles. The van der Waals surface area contributed by atoms with Gasteiger partial charge in [0.25, 0.3) is 11.4 Å². The molecule has 1 fully saturated rings. The Morgan fingerprint density at radius 1 is 1.12 bits per heavy atom. The van der Waals surface area contributed by atoms with Crippen LogP contribution in [-0.2, 0) is 6.18 Å². The first-order valence-corrected chi connectivity index (χ1v) is 10.7. The molecule has 0 aliphatic carbocycles. The molecule has 0 amide bonds. The second-order valence-corrected chi connectivity index (χ2v) is 7.40. The van der Waals surface area contributed by atoms with Crippen LogP contribution in [-0.4, -0.2) is 37.8 Å². The average molecular weight is 460 g/mol. The van der Waals surface area contributed by atoms with Crippen molar-refractivity contribution in [3.63, 3.8) is 0 Å². The molecule has 3 aromatic heterocycles. The maximum atomic E-state index is 12.8. The summed E-state index contributed by atoms with van der Waals surface area (Å²) in [5.41, 5.74) is 1.05. The van der Waals surface area contributed by atoms with Gasteiger partial charge in [0, 0.05) is 17.5 Å². The second kappa shape index (κ2) is 9.18. The van der Waals surface area contributed by atoms with Crippen LogP contribution in [0.15, 0.2) is 45.8 Å². The number of nitrogens with zero attached hydrogens (tertiary/aromatic N) is 4. The van der Waals surface area contributed by atoms with Crippen LogP contribution < -0.4 is 10.9 Å². The van der Waals surface area contributed by atoms with Crippen molar-refractivity contribution in [3.8, 4) is 22.8 Å². The van der Waals surface area contributed by atoms with Crippen molar-refractivity contribution in [1.82, 2.24) is 30.1 Å². The number of aromatic nitrogens is 5. The molecule has 0 spiro atoms. The van der Waals surface area contributed by atoms with Crippen molar-refractivity contribution in [1.29, 1.82) is 0 Å². The van der Waals surface area contributed by atoms with Crippen LogP contribution in [0.3, 0.4) is 0 Å². The molecule has 1 aliphatic heterocycles. The van der Waals surface area contributed by atoms with E-state index in [1.54, 1.807) is 10.6 Å². The van der Waals surface area contributed by atoms with E-state index in [4.69, 9.17) is 4.52 Å². The van der Waals surface area contributed by atoms with Crippen molar-refractivity contribution in [2.45, 2.75) is 38.8 Å². The smallest absolute Gasteiger partial charge is 0.333 e. The molecular formula is C22H23F3N6O2. The fraction of sp³-hybridized carbons (Fsp3) is 0.364. The summed E-state index contributed by atoms with van der Waals surface area (Å²) in [6, 6.07) is 6.05. The third-order valence-corrected chi connectivity index (χ3v) is 5.42. The fourth-order valence-corrected chi connectivity index (χ4v) is 3.84. The van der Waals surface area contributed by atoms with Crippen LogP contribution in [0.2, 0.25) is 0 Å². The van der Waals surface area contributed by atoms with E-state index in [0.717, 1.165) is 43.8 Å². The predicted molar refractivity (Wildman–Crippen MR) is 116 cm³/mol. The standard InChI is InChI=1S/C20H17F3N6O2.C2H6/c21-20(22,23)13-3-1-12(2-4-13)17-27-19(31-28-17)14-10-25-29-15(9-16(30)26-18(14)29)11-5-7-24-8-6-11;1-2/h1-4,9-11,24H,5-8H2,(H,26,30);1-2H3. The molecule has 33 heavy (non-hydrogen) atoms. The summed E-state index contributed by atoms with van der Waals surface area (Å²) in [6.45, 7) is 5.74. The summed E-state index contributed by atoms with van der Waals surface area (Å²) >= 11 is 0. The van der Waals surface area contributed by atoms with E-state index >= 15 is 0 Å². The maximum Gasteiger partial charge on any atom is 0.416 e. The summed E-state index contributed by atoms with van der Waals surface area (Å²) in [5.74, 6) is 0.451. The van der Waals surface area contributed by atoms with Gasteiger partial charge in [0.05, 0.1) is 17.5 Å². The first-order valence-electron chi connectivity index (χ1n) is 10.7. The third kappa shape index (κ3) is 4.54. The number of H-pyrrole nitrogens is 1. The number of benzene rings is 1. The molecule has 1 aliphatic rings. The summed E-state index contributed by atoms with van der Waals surface area (Å²) in [5, 5.41) is 11.6. The van der Waals surface area contributed by atoms with Gasteiger partial charge in [-0.2, -0.15) is 23.3 Å². The van der Waals surface area contributed by atoms with Gasteiger partial charge in [0.15, 0.2) is 0 Å². The lowest BCUT2D eigenvalue weighted by Gasteiger charge is -2.23. The van der Waals surface area contributed by atoms with Crippen molar-refractivity contribution in [3.05, 3.63) is 58.1 Å². The molecule has 0 radical (unpaired) electrons. The molecule has 5 rings (SSSR count). The Kier molecular flexibility index (Phi) is 6.32. The Balaban J connectivity index is 0.00000126. The van der Waals surface area contributed by atoms with Gasteiger partial charge in [-0.05, 0) is 38.1 Å². The molecule has 0 bridgehead atoms. The number of rotatable bonds is 3. The van der Waals surface area contributed by atoms with E-state index in [1.807, 2.05) is 13.8 Å². The minimum atomic E-state index is -4.42. The van der Waals surface area contributed by atoms with E-state index < -0.39 is 11.7 Å². The molecule has 4 heterocycles. The van der Waals surface area contributed by atoms with Crippen LogP contribution in [0, 0.1) is 0 Å². The Morgan fingerprint density at radius 2 is 1.82 bits per heavy atom. The summed E-state index contributed by atoms with van der Waals surface area (Å²) < 4.78 is 45.3. The molecule has 0 unspecified atom stereocenters. The zero-order valence-corrected chi connectivity index (χ0v) is 18.1. The average Bonchev–Trinajstić information content (AvgIpc) is 3.47. The van der Waals surface area contributed by atoms with Crippen molar-refractivity contribution in [2.24, 2.45) is 0 Å². The Labute approximate surface area is 186 Å². The highest BCUT2D eigenvalue weighted by Gasteiger charge is 2.30. The zero-order chi connectivity index (χ0) is 23.6. The van der Waals surface area contributed by atoms with Crippen LogP contribution in [0.1, 0.15) is 43.9 Å². The lowest BCUT2D eigenvalue weighted by Crippen LogP contribution is -2.28. The fourth-order valence-electron chi connectivity index (χ4n) is 3.84. The minimum Gasteiger partial charge on any atom is -0.333 e. The molecule has 0 atom stereocenters. The number of nitrogens with one attached hydrogen (secondary N) is 2. The number of halogens is 3. The SMILES string of the molecule is CC.O=c1cc(C2CCNCC2)n2ncc(-c3nc(-c4ccc(C(F)(F)F)cc4)no3)c2[nH]1. The monoisotopic (exact) mass is 460 g/mol. The van der Waals surface area contributed by atoms with Gasteiger partial charge in [0.1, 0.15) is 11.2 Å². The van der Waals surface area contributed by atoms with E-state index in [0.29, 0.717) is 16.8 Å². The number of hydrogen-bond donors (Lipinski definition) is 2. The first-order chi connectivity index (χ1) is 15.9. The van der Waals surface area contributed by atoms with Crippen LogP contribution in [0.5, 0.6) is 0 Å². The number of fused-ring (bicyclic) bond motifs is 1. The maximum absolute atomic E-state index is 12.8. The summed E-state index contributed by atoms with van der Waals surface area (Å²) in [4.78, 5) is 19.4. The highest BCUT2D eigenvalue weighted by Crippen LogP contribution is 2.32. The number of aromatic amines is 1. The summed E-state index contributed by atoms with van der Waals surface area (Å²) in [7, 11) is 0. The van der Waals surface area contributed by atoms with Gasteiger partial charge < -0.3 is 14.8 Å². The second-order valence-electron chi connectivity index (χ2n) is 7.40. The summed E-state index contributed by atoms with van der Waals surface area (Å²) in [6.07, 6.45) is -1.10. The van der Waals surface area contributed by atoms with Crippen LogP contribution in [0.25, 0.3) is 28.5 Å². The van der Waals surface area contributed by atoms with Crippen LogP contribution >= 0.6 is 0 Å². The van der Waals surface area contributed by atoms with Crippen LogP contribution in [0.4, 0.5) is 13.2 Å². The molecule has 2 N–H and O–H groups in total. The number of piperidine rings is 1.